The van der Waals surface area contributed by atoms with Gasteiger partial charge in [0.15, 0.2) is 0 Å². The van der Waals surface area contributed by atoms with E-state index in [9.17, 15) is 14.7 Å². The first-order valence-electron chi connectivity index (χ1n) is 5.44. The van der Waals surface area contributed by atoms with E-state index in [1.165, 1.54) is 4.90 Å². The van der Waals surface area contributed by atoms with E-state index < -0.39 is 15.8 Å². The molecule has 1 heterocycles. The van der Waals surface area contributed by atoms with Crippen LogP contribution in [0.3, 0.4) is 0 Å². The first-order valence-corrected chi connectivity index (χ1v) is 6.58. The summed E-state index contributed by atoms with van der Waals surface area (Å²) in [5.74, 6) is -1.15. The maximum Gasteiger partial charge on any atom is 0.225 e. The third-order valence-electron chi connectivity index (χ3n) is 3.08. The standard InChI is InChI=1S/C10H15Cl3N2O3/c1-5-3-15(4-6(5)9(14)18)8(17)2-7(16)10(11,12)13/h5-7,16H,2-4H2,1H3,(H2,14,18)/t5-,6-,7?/m1/s1. The minimum absolute atomic E-state index is 0.00338. The van der Waals surface area contributed by atoms with Crippen LogP contribution in [0.25, 0.3) is 0 Å². The molecule has 0 bridgehead atoms. The van der Waals surface area contributed by atoms with E-state index in [4.69, 9.17) is 40.5 Å². The number of primary amides is 1. The summed E-state index contributed by atoms with van der Waals surface area (Å²) >= 11 is 16.4. The van der Waals surface area contributed by atoms with Gasteiger partial charge in [-0.2, -0.15) is 0 Å². The van der Waals surface area contributed by atoms with Crippen molar-refractivity contribution in [2.24, 2.45) is 17.6 Å². The number of hydrogen-bond donors (Lipinski definition) is 2. The number of carbonyl (C=O) groups is 2. The lowest BCUT2D eigenvalue weighted by Gasteiger charge is -2.22. The number of nitrogens with zero attached hydrogens (tertiary/aromatic N) is 1. The smallest absolute Gasteiger partial charge is 0.225 e. The van der Waals surface area contributed by atoms with Crippen molar-refractivity contribution in [3.05, 3.63) is 0 Å². The molecule has 0 aromatic rings. The van der Waals surface area contributed by atoms with Crippen LogP contribution >= 0.6 is 34.8 Å². The highest BCUT2D eigenvalue weighted by molar-refractivity contribution is 6.68. The lowest BCUT2D eigenvalue weighted by Crippen LogP contribution is -2.36. The molecule has 5 nitrogen and oxygen atoms in total. The first-order chi connectivity index (χ1) is 8.12. The van der Waals surface area contributed by atoms with Gasteiger partial charge in [0.2, 0.25) is 15.6 Å². The maximum absolute atomic E-state index is 11.9. The molecule has 0 saturated carbocycles. The summed E-state index contributed by atoms with van der Waals surface area (Å²) in [6.45, 7) is 2.51. The van der Waals surface area contributed by atoms with Gasteiger partial charge in [0, 0.05) is 13.1 Å². The molecule has 1 rings (SSSR count). The number of aliphatic hydroxyl groups is 1. The van der Waals surface area contributed by atoms with Gasteiger partial charge in [-0.05, 0) is 5.92 Å². The average Bonchev–Trinajstić information content (AvgIpc) is 2.58. The van der Waals surface area contributed by atoms with Crippen LogP contribution in [0, 0.1) is 11.8 Å². The fourth-order valence-corrected chi connectivity index (χ4v) is 2.18. The predicted octanol–water partition coefficient (Wildman–Crippen LogP) is 0.687. The van der Waals surface area contributed by atoms with E-state index in [0.29, 0.717) is 6.54 Å². The molecule has 3 atom stereocenters. The zero-order chi connectivity index (χ0) is 14.1. The molecule has 0 radical (unpaired) electrons. The molecule has 1 aliphatic rings. The lowest BCUT2D eigenvalue weighted by atomic mass is 9.98. The van der Waals surface area contributed by atoms with Gasteiger partial charge in [-0.3, -0.25) is 9.59 Å². The summed E-state index contributed by atoms with van der Waals surface area (Å²) in [7, 11) is 0. The molecule has 0 spiro atoms. The van der Waals surface area contributed by atoms with Gasteiger partial charge in [0.05, 0.1) is 12.3 Å². The monoisotopic (exact) mass is 316 g/mol. The van der Waals surface area contributed by atoms with Crippen molar-refractivity contribution in [3.63, 3.8) is 0 Å². The van der Waals surface area contributed by atoms with Crippen LogP contribution < -0.4 is 5.73 Å². The minimum Gasteiger partial charge on any atom is -0.388 e. The highest BCUT2D eigenvalue weighted by Crippen LogP contribution is 2.32. The highest BCUT2D eigenvalue weighted by Gasteiger charge is 2.38. The van der Waals surface area contributed by atoms with E-state index in [0.717, 1.165) is 0 Å². The summed E-state index contributed by atoms with van der Waals surface area (Å²) in [5.41, 5.74) is 5.23. The van der Waals surface area contributed by atoms with Crippen LogP contribution in [0.2, 0.25) is 0 Å². The quantitative estimate of drug-likeness (QED) is 0.751. The van der Waals surface area contributed by atoms with E-state index in [2.05, 4.69) is 0 Å². The third kappa shape index (κ3) is 3.88. The second-order valence-electron chi connectivity index (χ2n) is 4.55. The molecule has 18 heavy (non-hydrogen) atoms. The number of nitrogens with two attached hydrogens (primary N) is 1. The molecule has 0 aliphatic carbocycles. The van der Waals surface area contributed by atoms with Crippen molar-refractivity contribution in [2.45, 2.75) is 23.2 Å². The number of alkyl halides is 3. The Morgan fingerprint density at radius 2 is 2.00 bits per heavy atom. The Balaban J connectivity index is 2.57. The zero-order valence-electron chi connectivity index (χ0n) is 9.78. The van der Waals surface area contributed by atoms with Crippen LogP contribution in [0.4, 0.5) is 0 Å². The molecular formula is C10H15Cl3N2O3. The minimum atomic E-state index is -1.90. The second kappa shape index (κ2) is 5.82. The normalized spacial score (nSPS) is 26.2. The predicted molar refractivity (Wildman–Crippen MR) is 69.3 cm³/mol. The topological polar surface area (TPSA) is 83.6 Å². The number of carbonyl (C=O) groups excluding carboxylic acids is 2. The SMILES string of the molecule is C[C@@H]1CN(C(=O)CC(O)C(Cl)(Cl)Cl)C[C@H]1C(N)=O. The molecule has 0 aromatic heterocycles. The summed E-state index contributed by atoms with van der Waals surface area (Å²) < 4.78 is -1.90. The Labute approximate surface area is 120 Å². The summed E-state index contributed by atoms with van der Waals surface area (Å²) in [5, 5.41) is 9.52. The average molecular weight is 318 g/mol. The van der Waals surface area contributed by atoms with E-state index in [1.807, 2.05) is 6.92 Å². The largest absolute Gasteiger partial charge is 0.388 e. The molecule has 1 saturated heterocycles. The number of likely N-dealkylation sites (tertiary alicyclic amines) is 1. The molecule has 0 aromatic carbocycles. The van der Waals surface area contributed by atoms with Crippen LogP contribution in [0.15, 0.2) is 0 Å². The highest BCUT2D eigenvalue weighted by atomic mass is 35.6. The summed E-state index contributed by atoms with van der Waals surface area (Å²) in [6, 6.07) is 0. The van der Waals surface area contributed by atoms with Crippen molar-refractivity contribution in [1.29, 1.82) is 0 Å². The fourth-order valence-electron chi connectivity index (χ4n) is 1.95. The van der Waals surface area contributed by atoms with Gasteiger partial charge in [-0.15, -0.1) is 0 Å². The molecule has 2 amide bonds. The van der Waals surface area contributed by atoms with Gasteiger partial charge in [0.1, 0.15) is 6.10 Å². The second-order valence-corrected chi connectivity index (χ2v) is 6.92. The number of aliphatic hydroxyl groups excluding tert-OH is 1. The Hall–Kier alpha value is -0.230. The van der Waals surface area contributed by atoms with E-state index in [1.54, 1.807) is 0 Å². The molecule has 3 N–H and O–H groups in total. The molecular weight excluding hydrogens is 302 g/mol. The molecule has 1 aliphatic heterocycles. The van der Waals surface area contributed by atoms with Crippen molar-refractivity contribution < 1.29 is 14.7 Å². The number of halogens is 3. The number of hydrogen-bond acceptors (Lipinski definition) is 3. The Bertz CT molecular complexity index is 346. The third-order valence-corrected chi connectivity index (χ3v) is 3.83. The van der Waals surface area contributed by atoms with Crippen LogP contribution in [0.5, 0.6) is 0 Å². The zero-order valence-corrected chi connectivity index (χ0v) is 12.0. The van der Waals surface area contributed by atoms with Crippen LogP contribution in [-0.4, -0.2) is 44.8 Å². The Morgan fingerprint density at radius 1 is 1.44 bits per heavy atom. The summed E-state index contributed by atoms with van der Waals surface area (Å²) in [6.07, 6.45) is -1.67. The van der Waals surface area contributed by atoms with E-state index in [-0.39, 0.29) is 30.7 Å². The van der Waals surface area contributed by atoms with Crippen molar-refractivity contribution in [1.82, 2.24) is 4.90 Å². The van der Waals surface area contributed by atoms with Gasteiger partial charge in [-0.25, -0.2) is 0 Å². The van der Waals surface area contributed by atoms with Crippen LogP contribution in [0.1, 0.15) is 13.3 Å². The number of rotatable bonds is 3. The van der Waals surface area contributed by atoms with Crippen molar-refractivity contribution >= 4 is 46.6 Å². The van der Waals surface area contributed by atoms with Crippen molar-refractivity contribution in [3.8, 4) is 0 Å². The Kier molecular flexibility index (Phi) is 5.12. The lowest BCUT2D eigenvalue weighted by molar-refractivity contribution is -0.132. The molecule has 8 heteroatoms. The van der Waals surface area contributed by atoms with Gasteiger partial charge in [-0.1, -0.05) is 41.7 Å². The Morgan fingerprint density at radius 3 is 2.39 bits per heavy atom. The number of amides is 2. The molecule has 1 unspecified atom stereocenters. The summed E-state index contributed by atoms with van der Waals surface area (Å²) in [4.78, 5) is 24.4. The van der Waals surface area contributed by atoms with Gasteiger partial charge < -0.3 is 15.7 Å². The van der Waals surface area contributed by atoms with Crippen molar-refractivity contribution in [2.75, 3.05) is 13.1 Å². The van der Waals surface area contributed by atoms with E-state index >= 15 is 0 Å². The van der Waals surface area contributed by atoms with Gasteiger partial charge >= 0.3 is 0 Å². The maximum atomic E-state index is 11.9. The molecule has 104 valence electrons. The first kappa shape index (κ1) is 15.8. The molecule has 1 fully saturated rings. The fraction of sp³-hybridized carbons (Fsp3) is 0.800. The van der Waals surface area contributed by atoms with Gasteiger partial charge in [0.25, 0.3) is 0 Å². The van der Waals surface area contributed by atoms with Crippen LogP contribution in [-0.2, 0) is 9.59 Å².